The van der Waals surface area contributed by atoms with E-state index < -0.39 is 0 Å². The van der Waals surface area contributed by atoms with Crippen LogP contribution in [0.3, 0.4) is 0 Å². The topological polar surface area (TPSA) is 15.8 Å². The Balaban J connectivity index is 1.70. The third-order valence-corrected chi connectivity index (χ3v) is 3.57. The summed E-state index contributed by atoms with van der Waals surface area (Å²) in [5.41, 5.74) is 2.44. The smallest absolute Gasteiger partial charge is 0.0458 e. The van der Waals surface area contributed by atoms with Crippen LogP contribution in [0.15, 0.2) is 36.4 Å². The highest BCUT2D eigenvalue weighted by Gasteiger charge is 1.95. The molecule has 1 nitrogen and oxygen atoms in total. The fourth-order valence-electron chi connectivity index (χ4n) is 2.44. The van der Waals surface area contributed by atoms with Crippen molar-refractivity contribution in [2.75, 3.05) is 0 Å². The van der Waals surface area contributed by atoms with E-state index in [1.165, 1.54) is 61.5 Å². The van der Waals surface area contributed by atoms with Gasteiger partial charge in [0.2, 0.25) is 0 Å². The number of fused-ring (bicyclic) bond motifs is 1. The molecule has 0 fully saturated rings. The zero-order chi connectivity index (χ0) is 13.3. The van der Waals surface area contributed by atoms with Gasteiger partial charge in [-0.15, -0.1) is 0 Å². The number of para-hydroxylation sites is 1. The highest BCUT2D eigenvalue weighted by molar-refractivity contribution is 5.82. The van der Waals surface area contributed by atoms with Crippen molar-refractivity contribution in [3.05, 3.63) is 42.1 Å². The van der Waals surface area contributed by atoms with Crippen LogP contribution in [0.5, 0.6) is 0 Å². The van der Waals surface area contributed by atoms with E-state index in [-0.39, 0.29) is 0 Å². The normalized spacial score (nSPS) is 11.6. The quantitative estimate of drug-likeness (QED) is 0.562. The van der Waals surface area contributed by atoms with E-state index in [1.807, 2.05) is 0 Å². The number of hydrogen-bond donors (Lipinski definition) is 1. The lowest BCUT2D eigenvalue weighted by Crippen LogP contribution is -1.77. The first-order chi connectivity index (χ1) is 9.40. The number of benzene rings is 1. The maximum absolute atomic E-state index is 3.43. The van der Waals surface area contributed by atoms with Crippen molar-refractivity contribution < 1.29 is 0 Å². The fraction of sp³-hybridized carbons (Fsp3) is 0.444. The second kappa shape index (κ2) is 7.83. The van der Waals surface area contributed by atoms with E-state index in [4.69, 9.17) is 0 Å². The minimum Gasteiger partial charge on any atom is -0.355 e. The zero-order valence-electron chi connectivity index (χ0n) is 12.0. The van der Waals surface area contributed by atoms with Crippen LogP contribution in [0, 0.1) is 0 Å². The summed E-state index contributed by atoms with van der Waals surface area (Å²) in [5.74, 6) is 0. The predicted octanol–water partition coefficient (Wildman–Crippen LogP) is 5.93. The molecule has 1 heteroatoms. The molecule has 0 atom stereocenters. The molecule has 0 saturated heterocycles. The molecule has 0 unspecified atom stereocenters. The van der Waals surface area contributed by atoms with Crippen LogP contribution in [0.4, 0.5) is 0 Å². The molecule has 1 aromatic heterocycles. The summed E-state index contributed by atoms with van der Waals surface area (Å²) < 4.78 is 0. The molecule has 0 aliphatic rings. The Morgan fingerprint density at radius 1 is 1.00 bits per heavy atom. The van der Waals surface area contributed by atoms with Crippen molar-refractivity contribution in [2.24, 2.45) is 0 Å². The Bertz CT molecular complexity index is 474. The monoisotopic (exact) mass is 255 g/mol. The van der Waals surface area contributed by atoms with Crippen LogP contribution < -0.4 is 0 Å². The first-order valence-corrected chi connectivity index (χ1v) is 7.64. The van der Waals surface area contributed by atoms with Gasteiger partial charge >= 0.3 is 0 Å². The SMILES string of the molecule is CCCCCCCC/C=C/c1cc2ccccc2[nH]1. The van der Waals surface area contributed by atoms with Crippen LogP contribution in [-0.4, -0.2) is 4.98 Å². The maximum atomic E-state index is 3.43. The number of nitrogens with one attached hydrogen (secondary N) is 1. The van der Waals surface area contributed by atoms with Crippen LogP contribution in [0.1, 0.15) is 57.6 Å². The summed E-state index contributed by atoms with van der Waals surface area (Å²) in [5, 5.41) is 1.29. The van der Waals surface area contributed by atoms with Gasteiger partial charge in [-0.25, -0.2) is 0 Å². The van der Waals surface area contributed by atoms with Gasteiger partial charge in [0.1, 0.15) is 0 Å². The number of aromatic nitrogens is 1. The largest absolute Gasteiger partial charge is 0.355 e. The molecule has 0 bridgehead atoms. The first kappa shape index (κ1) is 13.9. The van der Waals surface area contributed by atoms with Crippen LogP contribution in [0.25, 0.3) is 17.0 Å². The van der Waals surface area contributed by atoms with Crippen LogP contribution in [0.2, 0.25) is 0 Å². The van der Waals surface area contributed by atoms with Gasteiger partial charge < -0.3 is 4.98 Å². The molecule has 0 aliphatic heterocycles. The lowest BCUT2D eigenvalue weighted by atomic mass is 10.1. The first-order valence-electron chi connectivity index (χ1n) is 7.64. The zero-order valence-corrected chi connectivity index (χ0v) is 12.0. The summed E-state index contributed by atoms with van der Waals surface area (Å²) in [6.45, 7) is 2.27. The Hall–Kier alpha value is -1.50. The van der Waals surface area contributed by atoms with E-state index in [1.54, 1.807) is 0 Å². The van der Waals surface area contributed by atoms with Crippen LogP contribution >= 0.6 is 0 Å². The Morgan fingerprint density at radius 2 is 1.79 bits per heavy atom. The van der Waals surface area contributed by atoms with Crippen molar-refractivity contribution >= 4 is 17.0 Å². The number of allylic oxidation sites excluding steroid dienone is 1. The Labute approximate surface area is 116 Å². The van der Waals surface area contributed by atoms with E-state index in [0.29, 0.717) is 0 Å². The predicted molar refractivity (Wildman–Crippen MR) is 85.3 cm³/mol. The van der Waals surface area contributed by atoms with Gasteiger partial charge in [0, 0.05) is 11.2 Å². The second-order valence-corrected chi connectivity index (χ2v) is 5.27. The molecule has 1 heterocycles. The van der Waals surface area contributed by atoms with Gasteiger partial charge in [-0.3, -0.25) is 0 Å². The average molecular weight is 255 g/mol. The average Bonchev–Trinajstić information content (AvgIpc) is 2.84. The summed E-state index contributed by atoms with van der Waals surface area (Å²) in [6, 6.07) is 10.6. The van der Waals surface area contributed by atoms with Crippen molar-refractivity contribution in [3.8, 4) is 0 Å². The lowest BCUT2D eigenvalue weighted by Gasteiger charge is -1.97. The molecule has 102 valence electrons. The highest BCUT2D eigenvalue weighted by Crippen LogP contribution is 2.16. The molecular formula is C18H25N. The van der Waals surface area contributed by atoms with Crippen molar-refractivity contribution in [3.63, 3.8) is 0 Å². The Kier molecular flexibility index (Phi) is 5.74. The molecule has 0 amide bonds. The minimum absolute atomic E-state index is 1.20. The fourth-order valence-corrected chi connectivity index (χ4v) is 2.44. The van der Waals surface area contributed by atoms with Crippen LogP contribution in [-0.2, 0) is 0 Å². The van der Waals surface area contributed by atoms with Gasteiger partial charge in [0.15, 0.2) is 0 Å². The standard InChI is InChI=1S/C18H25N/c1-2-3-4-5-6-7-8-9-13-17-15-16-12-10-11-14-18(16)19-17/h9-15,19H,2-8H2,1H3/b13-9+. The molecule has 0 aliphatic carbocycles. The van der Waals surface area contributed by atoms with Gasteiger partial charge in [-0.1, -0.05) is 63.3 Å². The minimum atomic E-state index is 1.20. The molecule has 2 rings (SSSR count). The summed E-state index contributed by atoms with van der Waals surface area (Å²) >= 11 is 0. The van der Waals surface area contributed by atoms with Crippen molar-refractivity contribution in [1.29, 1.82) is 0 Å². The number of unbranched alkanes of at least 4 members (excludes halogenated alkanes) is 6. The van der Waals surface area contributed by atoms with E-state index in [9.17, 15) is 0 Å². The van der Waals surface area contributed by atoms with Gasteiger partial charge in [-0.2, -0.15) is 0 Å². The lowest BCUT2D eigenvalue weighted by molar-refractivity contribution is 0.611. The van der Waals surface area contributed by atoms with Gasteiger partial charge in [-0.05, 0) is 36.4 Å². The number of hydrogen-bond acceptors (Lipinski definition) is 0. The third-order valence-electron chi connectivity index (χ3n) is 3.57. The molecule has 1 aromatic carbocycles. The molecule has 0 radical (unpaired) electrons. The molecule has 0 saturated carbocycles. The summed E-state index contributed by atoms with van der Waals surface area (Å²) in [7, 11) is 0. The number of H-pyrrole nitrogens is 1. The maximum Gasteiger partial charge on any atom is 0.0458 e. The van der Waals surface area contributed by atoms with Crippen molar-refractivity contribution in [1.82, 2.24) is 4.98 Å². The van der Waals surface area contributed by atoms with Crippen molar-refractivity contribution in [2.45, 2.75) is 51.9 Å². The van der Waals surface area contributed by atoms with Gasteiger partial charge in [0.25, 0.3) is 0 Å². The molecule has 19 heavy (non-hydrogen) atoms. The molecular weight excluding hydrogens is 230 g/mol. The number of aromatic amines is 1. The number of rotatable bonds is 8. The highest BCUT2D eigenvalue weighted by atomic mass is 14.7. The van der Waals surface area contributed by atoms with Gasteiger partial charge in [0.05, 0.1) is 0 Å². The molecule has 2 aromatic rings. The van der Waals surface area contributed by atoms with E-state index >= 15 is 0 Å². The second-order valence-electron chi connectivity index (χ2n) is 5.27. The van der Waals surface area contributed by atoms with E-state index in [0.717, 1.165) is 0 Å². The summed E-state index contributed by atoms with van der Waals surface area (Å²) in [6.07, 6.45) is 13.9. The summed E-state index contributed by atoms with van der Waals surface area (Å²) in [4.78, 5) is 3.43. The van der Waals surface area contributed by atoms with E-state index in [2.05, 4.69) is 54.4 Å². The third kappa shape index (κ3) is 4.59. The molecule has 0 spiro atoms. The Morgan fingerprint density at radius 3 is 2.63 bits per heavy atom. The molecule has 1 N–H and O–H groups in total.